The molecule has 2 heterocycles. The summed E-state index contributed by atoms with van der Waals surface area (Å²) in [7, 11) is 0. The summed E-state index contributed by atoms with van der Waals surface area (Å²) < 4.78 is 8.32. The first kappa shape index (κ1) is 17.6. The molecular weight excluding hydrogens is 380 g/mol. The Morgan fingerprint density at radius 2 is 1.86 bits per heavy atom. The molecule has 0 atom stereocenters. The van der Waals surface area contributed by atoms with Crippen molar-refractivity contribution in [2.75, 3.05) is 0 Å². The Bertz CT molecular complexity index is 1450. The lowest BCUT2D eigenvalue weighted by Crippen LogP contribution is -2.22. The summed E-state index contributed by atoms with van der Waals surface area (Å²) in [6, 6.07) is 23.7. The van der Waals surface area contributed by atoms with E-state index < -0.39 is 0 Å². The topological polar surface area (TPSA) is 43.6 Å². The summed E-state index contributed by atoms with van der Waals surface area (Å²) in [6.07, 6.45) is 1.90. The Morgan fingerprint density at radius 3 is 2.76 bits per heavy atom. The average molecular weight is 398 g/mol. The van der Waals surface area contributed by atoms with Crippen molar-refractivity contribution in [3.8, 4) is 5.75 Å². The fourth-order valence-electron chi connectivity index (χ4n) is 3.39. The molecule has 29 heavy (non-hydrogen) atoms. The third-order valence-corrected chi connectivity index (χ3v) is 5.93. The Labute approximate surface area is 171 Å². The Morgan fingerprint density at radius 1 is 1.03 bits per heavy atom. The first-order chi connectivity index (χ1) is 14.2. The third kappa shape index (κ3) is 3.30. The number of benzene rings is 3. The van der Waals surface area contributed by atoms with E-state index in [0.717, 1.165) is 32.9 Å². The van der Waals surface area contributed by atoms with E-state index in [1.807, 2.05) is 66.7 Å². The molecule has 0 aliphatic heterocycles. The van der Waals surface area contributed by atoms with Crippen LogP contribution in [0, 0.1) is 6.92 Å². The van der Waals surface area contributed by atoms with Crippen molar-refractivity contribution in [3.63, 3.8) is 0 Å². The largest absolute Gasteiger partial charge is 0.489 e. The number of fused-ring (bicyclic) bond motifs is 3. The van der Waals surface area contributed by atoms with Crippen LogP contribution >= 0.6 is 11.3 Å². The second-order valence-electron chi connectivity index (χ2n) is 6.92. The van der Waals surface area contributed by atoms with E-state index in [4.69, 9.17) is 4.74 Å². The molecule has 0 saturated carbocycles. The minimum absolute atomic E-state index is 0.0371. The molecule has 0 bridgehead atoms. The Kier molecular flexibility index (Phi) is 4.37. The molecule has 5 aromatic rings. The van der Waals surface area contributed by atoms with Crippen molar-refractivity contribution < 1.29 is 4.74 Å². The van der Waals surface area contributed by atoms with Gasteiger partial charge in [-0.15, -0.1) is 0 Å². The van der Waals surface area contributed by atoms with Gasteiger partial charge in [0.05, 0.1) is 15.6 Å². The molecule has 0 amide bonds. The molecule has 5 rings (SSSR count). The van der Waals surface area contributed by atoms with Crippen molar-refractivity contribution in [2.45, 2.75) is 13.5 Å². The molecule has 4 nitrogen and oxygen atoms in total. The molecule has 0 spiro atoms. The summed E-state index contributed by atoms with van der Waals surface area (Å²) in [5.41, 5.74) is 4.95. The first-order valence-corrected chi connectivity index (χ1v) is 10.2. The lowest BCUT2D eigenvalue weighted by atomic mass is 10.1. The van der Waals surface area contributed by atoms with Crippen LogP contribution in [0.25, 0.3) is 22.1 Å². The van der Waals surface area contributed by atoms with Crippen LogP contribution in [-0.2, 0) is 6.61 Å². The number of hydrogen-bond acceptors (Lipinski definition) is 4. The molecule has 0 unspecified atom stereocenters. The van der Waals surface area contributed by atoms with Crippen LogP contribution in [0.5, 0.6) is 5.75 Å². The summed E-state index contributed by atoms with van der Waals surface area (Å²) in [4.78, 5) is 18.2. The van der Waals surface area contributed by atoms with Crippen LogP contribution in [0.15, 0.2) is 77.6 Å². The Balaban J connectivity index is 1.48. The molecule has 3 aromatic carbocycles. The van der Waals surface area contributed by atoms with Crippen molar-refractivity contribution in [1.29, 1.82) is 0 Å². The maximum atomic E-state index is 12.9. The summed E-state index contributed by atoms with van der Waals surface area (Å²) in [5.74, 6) is 0.779. The normalized spacial score (nSPS) is 12.1. The highest BCUT2D eigenvalue weighted by atomic mass is 32.1. The predicted molar refractivity (Wildman–Crippen MR) is 118 cm³/mol. The summed E-state index contributed by atoms with van der Waals surface area (Å²) in [6.45, 7) is 2.59. The molecule has 0 fully saturated rings. The molecule has 0 aliphatic rings. The van der Waals surface area contributed by atoms with Crippen LogP contribution < -0.4 is 14.8 Å². The Hall–Kier alpha value is -3.44. The zero-order valence-electron chi connectivity index (χ0n) is 15.8. The molecule has 142 valence electrons. The molecule has 0 radical (unpaired) electrons. The van der Waals surface area contributed by atoms with Gasteiger partial charge in [0.2, 0.25) is 0 Å². The van der Waals surface area contributed by atoms with Gasteiger partial charge in [-0.25, -0.2) is 9.38 Å². The van der Waals surface area contributed by atoms with Crippen LogP contribution in [-0.4, -0.2) is 9.38 Å². The molecule has 0 aliphatic carbocycles. The van der Waals surface area contributed by atoms with Crippen LogP contribution in [0.4, 0.5) is 0 Å². The van der Waals surface area contributed by atoms with Crippen molar-refractivity contribution in [3.05, 3.63) is 104 Å². The second kappa shape index (κ2) is 7.18. The predicted octanol–water partition coefficient (Wildman–Crippen LogP) is 4.34. The number of para-hydroxylation sites is 2. The SMILES string of the molecule is Cc1ccccc1COc1cccc(C=c2sc3nc4ccccc4n3c2=O)c1. The lowest BCUT2D eigenvalue weighted by Gasteiger charge is -2.09. The number of ether oxygens (including phenoxy) is 1. The number of aromatic nitrogens is 2. The molecule has 2 aromatic heterocycles. The van der Waals surface area contributed by atoms with Gasteiger partial charge >= 0.3 is 0 Å². The van der Waals surface area contributed by atoms with E-state index >= 15 is 0 Å². The fourth-order valence-corrected chi connectivity index (χ4v) is 4.38. The minimum atomic E-state index is -0.0371. The summed E-state index contributed by atoms with van der Waals surface area (Å²) >= 11 is 1.41. The summed E-state index contributed by atoms with van der Waals surface area (Å²) in [5, 5.41) is 0. The van der Waals surface area contributed by atoms with Gasteiger partial charge in [-0.2, -0.15) is 0 Å². The van der Waals surface area contributed by atoms with Gasteiger partial charge in [0.25, 0.3) is 5.56 Å². The maximum Gasteiger partial charge on any atom is 0.274 e. The van der Waals surface area contributed by atoms with Crippen molar-refractivity contribution in [2.24, 2.45) is 0 Å². The highest BCUT2D eigenvalue weighted by molar-refractivity contribution is 7.15. The highest BCUT2D eigenvalue weighted by Gasteiger charge is 2.10. The molecule has 0 saturated heterocycles. The smallest absolute Gasteiger partial charge is 0.274 e. The van der Waals surface area contributed by atoms with Crippen LogP contribution in [0.2, 0.25) is 0 Å². The molecule has 0 N–H and O–H groups in total. The van der Waals surface area contributed by atoms with Crippen LogP contribution in [0.3, 0.4) is 0 Å². The number of hydrogen-bond donors (Lipinski definition) is 0. The van der Waals surface area contributed by atoms with E-state index in [1.54, 1.807) is 4.40 Å². The number of imidazole rings is 1. The van der Waals surface area contributed by atoms with E-state index in [2.05, 4.69) is 24.0 Å². The van der Waals surface area contributed by atoms with E-state index in [-0.39, 0.29) is 5.56 Å². The van der Waals surface area contributed by atoms with E-state index in [0.29, 0.717) is 11.1 Å². The van der Waals surface area contributed by atoms with Gasteiger partial charge < -0.3 is 4.74 Å². The monoisotopic (exact) mass is 398 g/mol. The average Bonchev–Trinajstić information content (AvgIpc) is 3.24. The number of rotatable bonds is 4. The first-order valence-electron chi connectivity index (χ1n) is 9.38. The molecule has 5 heteroatoms. The van der Waals surface area contributed by atoms with Crippen molar-refractivity contribution >= 4 is 33.4 Å². The maximum absolute atomic E-state index is 12.9. The van der Waals surface area contributed by atoms with Crippen LogP contribution in [0.1, 0.15) is 16.7 Å². The zero-order valence-corrected chi connectivity index (χ0v) is 16.6. The minimum Gasteiger partial charge on any atom is -0.489 e. The number of nitrogens with zero attached hydrogens (tertiary/aromatic N) is 2. The van der Waals surface area contributed by atoms with E-state index in [1.165, 1.54) is 16.9 Å². The van der Waals surface area contributed by atoms with Gasteiger partial charge in [0, 0.05) is 0 Å². The van der Waals surface area contributed by atoms with Crippen molar-refractivity contribution in [1.82, 2.24) is 9.38 Å². The standard InChI is InChI=1S/C24H18N2O2S/c1-16-7-2-3-9-18(16)15-28-19-10-6-8-17(13-19)14-22-23(27)26-21-12-5-4-11-20(21)25-24(26)29-22/h2-14H,15H2,1H3. The quantitative estimate of drug-likeness (QED) is 0.452. The van der Waals surface area contributed by atoms with Gasteiger partial charge in [-0.05, 0) is 54.0 Å². The highest BCUT2D eigenvalue weighted by Crippen LogP contribution is 2.18. The zero-order chi connectivity index (χ0) is 19.8. The van der Waals surface area contributed by atoms with Gasteiger partial charge in [0.1, 0.15) is 12.4 Å². The number of aryl methyl sites for hydroxylation is 1. The number of thiazole rings is 1. The van der Waals surface area contributed by atoms with Gasteiger partial charge in [-0.1, -0.05) is 59.9 Å². The third-order valence-electron chi connectivity index (χ3n) is 4.96. The second-order valence-corrected chi connectivity index (χ2v) is 7.93. The van der Waals surface area contributed by atoms with Gasteiger partial charge in [-0.3, -0.25) is 4.79 Å². The fraction of sp³-hybridized carbons (Fsp3) is 0.0833. The molecular formula is C24H18N2O2S. The van der Waals surface area contributed by atoms with E-state index in [9.17, 15) is 4.79 Å². The lowest BCUT2D eigenvalue weighted by molar-refractivity contribution is 0.305. The van der Waals surface area contributed by atoms with Gasteiger partial charge in [0.15, 0.2) is 4.96 Å².